The van der Waals surface area contributed by atoms with Gasteiger partial charge in [-0.3, -0.25) is 4.79 Å². The summed E-state index contributed by atoms with van der Waals surface area (Å²) in [5.41, 5.74) is 5.83. The third kappa shape index (κ3) is 3.18. The summed E-state index contributed by atoms with van der Waals surface area (Å²) in [6.45, 7) is 0. The fraction of sp³-hybridized carbons (Fsp3) is 0. The van der Waals surface area contributed by atoms with E-state index in [-0.39, 0.29) is 27.0 Å². The van der Waals surface area contributed by atoms with Gasteiger partial charge in [-0.15, -0.1) is 0 Å². The van der Waals surface area contributed by atoms with Crippen LogP contribution in [0.25, 0.3) is 0 Å². The van der Waals surface area contributed by atoms with Crippen molar-refractivity contribution in [3.05, 3.63) is 57.6 Å². The number of nitrogens with one attached hydrogen (secondary N) is 1. The number of nitrogen functional groups attached to an aromatic ring is 1. The van der Waals surface area contributed by atoms with E-state index < -0.39 is 17.5 Å². The quantitative estimate of drug-likeness (QED) is 0.819. The SMILES string of the molecule is Nc1cc(C(=O)Nc2cc(F)cc(F)c2)cc(Cl)c1Cl. The monoisotopic (exact) mass is 316 g/mol. The average Bonchev–Trinajstić information content (AvgIpc) is 2.33. The predicted molar refractivity (Wildman–Crippen MR) is 75.2 cm³/mol. The van der Waals surface area contributed by atoms with Crippen LogP contribution in [0.5, 0.6) is 0 Å². The number of anilines is 2. The number of nitrogens with two attached hydrogens (primary N) is 1. The fourth-order valence-corrected chi connectivity index (χ4v) is 1.91. The van der Waals surface area contributed by atoms with E-state index in [1.165, 1.54) is 12.1 Å². The first kappa shape index (κ1) is 14.6. The maximum Gasteiger partial charge on any atom is 0.255 e. The van der Waals surface area contributed by atoms with E-state index >= 15 is 0 Å². The van der Waals surface area contributed by atoms with Gasteiger partial charge in [-0.25, -0.2) is 8.78 Å². The molecule has 0 saturated carbocycles. The van der Waals surface area contributed by atoms with Crippen molar-refractivity contribution in [3.63, 3.8) is 0 Å². The topological polar surface area (TPSA) is 55.1 Å². The molecule has 0 aliphatic rings. The van der Waals surface area contributed by atoms with Crippen LogP contribution in [-0.4, -0.2) is 5.91 Å². The van der Waals surface area contributed by atoms with E-state index in [0.29, 0.717) is 6.07 Å². The van der Waals surface area contributed by atoms with Gasteiger partial charge in [0.25, 0.3) is 5.91 Å². The van der Waals surface area contributed by atoms with Crippen LogP contribution in [0.15, 0.2) is 30.3 Å². The molecule has 1 amide bonds. The molecule has 7 heteroatoms. The van der Waals surface area contributed by atoms with Gasteiger partial charge in [-0.1, -0.05) is 23.2 Å². The van der Waals surface area contributed by atoms with E-state index in [1.54, 1.807) is 0 Å². The molecule has 0 unspecified atom stereocenters. The molecule has 20 heavy (non-hydrogen) atoms. The molecule has 0 saturated heterocycles. The number of benzene rings is 2. The van der Waals surface area contributed by atoms with Crippen LogP contribution in [0.1, 0.15) is 10.4 Å². The number of rotatable bonds is 2. The smallest absolute Gasteiger partial charge is 0.255 e. The van der Waals surface area contributed by atoms with Crippen molar-refractivity contribution in [3.8, 4) is 0 Å². The normalized spacial score (nSPS) is 10.4. The van der Waals surface area contributed by atoms with Crippen molar-refractivity contribution in [1.82, 2.24) is 0 Å². The van der Waals surface area contributed by atoms with E-state index in [0.717, 1.165) is 12.1 Å². The van der Waals surface area contributed by atoms with Crippen molar-refractivity contribution in [2.45, 2.75) is 0 Å². The number of amides is 1. The van der Waals surface area contributed by atoms with Gasteiger partial charge < -0.3 is 11.1 Å². The summed E-state index contributed by atoms with van der Waals surface area (Å²) in [5, 5.41) is 2.59. The Morgan fingerprint density at radius 2 is 1.65 bits per heavy atom. The van der Waals surface area contributed by atoms with Gasteiger partial charge in [-0.2, -0.15) is 0 Å². The maximum atomic E-state index is 13.0. The van der Waals surface area contributed by atoms with E-state index in [9.17, 15) is 13.6 Å². The van der Waals surface area contributed by atoms with Crippen molar-refractivity contribution < 1.29 is 13.6 Å². The molecule has 0 spiro atoms. The van der Waals surface area contributed by atoms with E-state index in [2.05, 4.69) is 5.32 Å². The third-order valence-electron chi connectivity index (χ3n) is 2.44. The molecule has 0 aromatic heterocycles. The first-order valence-corrected chi connectivity index (χ1v) is 6.14. The standard InChI is InChI=1S/C13H8Cl2F2N2O/c14-10-1-6(2-11(18)12(10)15)13(20)19-9-4-7(16)3-8(17)5-9/h1-5H,18H2,(H,19,20). The van der Waals surface area contributed by atoms with Crippen LogP contribution >= 0.6 is 23.2 Å². The minimum absolute atomic E-state index is 0.0165. The number of hydrogen-bond acceptors (Lipinski definition) is 2. The molecule has 2 aromatic rings. The van der Waals surface area contributed by atoms with Crippen LogP contribution < -0.4 is 11.1 Å². The lowest BCUT2D eigenvalue weighted by Crippen LogP contribution is -2.12. The van der Waals surface area contributed by atoms with Crippen LogP contribution in [0.4, 0.5) is 20.2 Å². The van der Waals surface area contributed by atoms with Gasteiger partial charge in [0.15, 0.2) is 0 Å². The summed E-state index contributed by atoms with van der Waals surface area (Å²) < 4.78 is 26.0. The molecule has 3 N–H and O–H groups in total. The second-order valence-corrected chi connectivity index (χ2v) is 4.76. The first-order valence-electron chi connectivity index (χ1n) is 5.39. The Balaban J connectivity index is 2.28. The fourth-order valence-electron chi connectivity index (χ4n) is 1.57. The van der Waals surface area contributed by atoms with Crippen molar-refractivity contribution in [2.24, 2.45) is 0 Å². The highest BCUT2D eigenvalue weighted by atomic mass is 35.5. The predicted octanol–water partition coefficient (Wildman–Crippen LogP) is 4.11. The molecular formula is C13H8Cl2F2N2O. The average molecular weight is 317 g/mol. The van der Waals surface area contributed by atoms with E-state index in [4.69, 9.17) is 28.9 Å². The van der Waals surface area contributed by atoms with Crippen LogP contribution in [0.2, 0.25) is 10.0 Å². The molecule has 0 heterocycles. The van der Waals surface area contributed by atoms with Gasteiger partial charge in [-0.05, 0) is 24.3 Å². The van der Waals surface area contributed by atoms with E-state index in [1.807, 2.05) is 0 Å². The van der Waals surface area contributed by atoms with Gasteiger partial charge in [0.1, 0.15) is 11.6 Å². The second kappa shape index (κ2) is 5.64. The Kier molecular flexibility index (Phi) is 4.11. The van der Waals surface area contributed by atoms with Gasteiger partial charge in [0.05, 0.1) is 15.7 Å². The maximum absolute atomic E-state index is 13.0. The Hall–Kier alpha value is -1.85. The molecule has 104 valence electrons. The third-order valence-corrected chi connectivity index (χ3v) is 3.26. The number of halogens is 4. The minimum Gasteiger partial charge on any atom is -0.397 e. The summed E-state index contributed by atoms with van der Waals surface area (Å²) >= 11 is 11.6. The minimum atomic E-state index is -0.797. The molecule has 0 atom stereocenters. The van der Waals surface area contributed by atoms with Crippen molar-refractivity contribution in [2.75, 3.05) is 11.1 Å². The molecule has 2 aromatic carbocycles. The summed E-state index contributed by atoms with van der Waals surface area (Å²) in [5.74, 6) is -2.21. The lowest BCUT2D eigenvalue weighted by atomic mass is 10.2. The zero-order chi connectivity index (χ0) is 14.9. The zero-order valence-electron chi connectivity index (χ0n) is 9.88. The molecule has 3 nitrogen and oxygen atoms in total. The van der Waals surface area contributed by atoms with Gasteiger partial charge >= 0.3 is 0 Å². The lowest BCUT2D eigenvalue weighted by molar-refractivity contribution is 0.102. The molecular weight excluding hydrogens is 309 g/mol. The molecule has 0 radical (unpaired) electrons. The van der Waals surface area contributed by atoms with Crippen LogP contribution in [0.3, 0.4) is 0 Å². The summed E-state index contributed by atoms with van der Waals surface area (Å²) in [6, 6.07) is 5.31. The highest BCUT2D eigenvalue weighted by molar-refractivity contribution is 6.44. The van der Waals surface area contributed by atoms with Crippen LogP contribution in [-0.2, 0) is 0 Å². The highest BCUT2D eigenvalue weighted by Gasteiger charge is 2.12. The Labute approximate surface area is 123 Å². The highest BCUT2D eigenvalue weighted by Crippen LogP contribution is 2.29. The Bertz CT molecular complexity index is 649. The molecule has 2 rings (SSSR count). The van der Waals surface area contributed by atoms with Gasteiger partial charge in [0.2, 0.25) is 0 Å². The largest absolute Gasteiger partial charge is 0.397 e. The van der Waals surface area contributed by atoms with Crippen molar-refractivity contribution >= 4 is 40.5 Å². The second-order valence-electron chi connectivity index (χ2n) is 3.97. The number of carbonyl (C=O) groups is 1. The summed E-state index contributed by atoms with van der Waals surface area (Å²) in [4.78, 5) is 11.9. The van der Waals surface area contributed by atoms with Crippen LogP contribution in [0, 0.1) is 11.6 Å². The number of carbonyl (C=O) groups excluding carboxylic acids is 1. The Morgan fingerprint density at radius 1 is 1.05 bits per heavy atom. The Morgan fingerprint density at radius 3 is 2.20 bits per heavy atom. The van der Waals surface area contributed by atoms with Crippen molar-refractivity contribution in [1.29, 1.82) is 0 Å². The zero-order valence-corrected chi connectivity index (χ0v) is 11.4. The lowest BCUT2D eigenvalue weighted by Gasteiger charge is -2.08. The first-order chi connectivity index (χ1) is 9.36. The number of hydrogen-bond donors (Lipinski definition) is 2. The molecule has 0 bridgehead atoms. The molecule has 0 aliphatic heterocycles. The summed E-state index contributed by atoms with van der Waals surface area (Å²) in [6.07, 6.45) is 0. The van der Waals surface area contributed by atoms with Gasteiger partial charge in [0, 0.05) is 17.3 Å². The summed E-state index contributed by atoms with van der Waals surface area (Å²) in [7, 11) is 0. The molecule has 0 fully saturated rings. The molecule has 0 aliphatic carbocycles.